The molecule has 0 saturated carbocycles. The van der Waals surface area contributed by atoms with Crippen LogP contribution in [0.4, 0.5) is 15.8 Å². The van der Waals surface area contributed by atoms with Crippen LogP contribution in [0.25, 0.3) is 0 Å². The molecular weight excluding hydrogens is 273 g/mol. The van der Waals surface area contributed by atoms with Crippen LogP contribution in [-0.4, -0.2) is 9.91 Å². The molecule has 0 saturated heterocycles. The molecule has 21 heavy (non-hydrogen) atoms. The number of aryl methyl sites for hydroxylation is 2. The zero-order valence-electron chi connectivity index (χ0n) is 12.1. The molecule has 2 aromatic rings. The molecular formula is C15H16FN3O2. The molecule has 2 rings (SSSR count). The van der Waals surface area contributed by atoms with Crippen LogP contribution in [0.15, 0.2) is 30.6 Å². The fourth-order valence-corrected chi connectivity index (χ4v) is 2.05. The van der Waals surface area contributed by atoms with Crippen LogP contribution in [0.5, 0.6) is 0 Å². The number of anilines is 1. The zero-order chi connectivity index (χ0) is 15.6. The van der Waals surface area contributed by atoms with Crippen molar-refractivity contribution in [2.75, 3.05) is 5.32 Å². The van der Waals surface area contributed by atoms with E-state index in [0.29, 0.717) is 11.3 Å². The number of benzene rings is 1. The van der Waals surface area contributed by atoms with E-state index in [4.69, 9.17) is 0 Å². The second-order valence-electron chi connectivity index (χ2n) is 5.01. The topological polar surface area (TPSA) is 68.1 Å². The third-order valence-electron chi connectivity index (χ3n) is 3.41. The Labute approximate surface area is 122 Å². The highest BCUT2D eigenvalue weighted by atomic mass is 19.1. The highest BCUT2D eigenvalue weighted by Gasteiger charge is 2.18. The van der Waals surface area contributed by atoms with Gasteiger partial charge in [0.1, 0.15) is 11.5 Å². The highest BCUT2D eigenvalue weighted by molar-refractivity contribution is 5.65. The minimum atomic E-state index is -0.435. The molecule has 6 heteroatoms. The van der Waals surface area contributed by atoms with Gasteiger partial charge in [0.25, 0.3) is 5.69 Å². The Kier molecular flexibility index (Phi) is 4.16. The number of nitrogens with one attached hydrogen (secondary N) is 1. The van der Waals surface area contributed by atoms with Gasteiger partial charge in [-0.2, -0.15) is 0 Å². The van der Waals surface area contributed by atoms with Gasteiger partial charge < -0.3 is 5.32 Å². The van der Waals surface area contributed by atoms with Crippen molar-refractivity contribution in [1.29, 1.82) is 0 Å². The lowest BCUT2D eigenvalue weighted by Gasteiger charge is -2.16. The van der Waals surface area contributed by atoms with E-state index in [1.54, 1.807) is 13.0 Å². The minimum Gasteiger partial charge on any atom is -0.373 e. The SMILES string of the molecule is Cc1cc(NC(C)c2cncc(F)c2)c([N+](=O)[O-])cc1C. The summed E-state index contributed by atoms with van der Waals surface area (Å²) in [4.78, 5) is 14.5. The predicted molar refractivity (Wildman–Crippen MR) is 78.8 cm³/mol. The van der Waals surface area contributed by atoms with Gasteiger partial charge >= 0.3 is 0 Å². The van der Waals surface area contributed by atoms with E-state index in [1.807, 2.05) is 13.8 Å². The molecule has 1 unspecified atom stereocenters. The minimum absolute atomic E-state index is 0.00862. The molecule has 0 aliphatic rings. The summed E-state index contributed by atoms with van der Waals surface area (Å²) < 4.78 is 13.2. The summed E-state index contributed by atoms with van der Waals surface area (Å²) in [6, 6.07) is 4.33. The second-order valence-corrected chi connectivity index (χ2v) is 5.01. The first-order valence-corrected chi connectivity index (χ1v) is 6.51. The van der Waals surface area contributed by atoms with E-state index in [2.05, 4.69) is 10.3 Å². The van der Waals surface area contributed by atoms with Gasteiger partial charge in [0.05, 0.1) is 17.2 Å². The Balaban J connectivity index is 2.34. The summed E-state index contributed by atoms with van der Waals surface area (Å²) in [6.07, 6.45) is 2.66. The molecule has 0 amide bonds. The Hall–Kier alpha value is -2.50. The summed E-state index contributed by atoms with van der Waals surface area (Å²) >= 11 is 0. The van der Waals surface area contributed by atoms with Crippen molar-refractivity contribution in [2.45, 2.75) is 26.8 Å². The lowest BCUT2D eigenvalue weighted by atomic mass is 10.1. The van der Waals surface area contributed by atoms with Gasteiger partial charge in [-0.15, -0.1) is 0 Å². The Morgan fingerprint density at radius 1 is 1.24 bits per heavy atom. The molecule has 1 aromatic heterocycles. The van der Waals surface area contributed by atoms with Crippen molar-refractivity contribution in [3.8, 4) is 0 Å². The van der Waals surface area contributed by atoms with E-state index in [9.17, 15) is 14.5 Å². The van der Waals surface area contributed by atoms with Crippen LogP contribution < -0.4 is 5.32 Å². The zero-order valence-corrected chi connectivity index (χ0v) is 12.1. The lowest BCUT2D eigenvalue weighted by molar-refractivity contribution is -0.384. The highest BCUT2D eigenvalue weighted by Crippen LogP contribution is 2.30. The molecule has 110 valence electrons. The van der Waals surface area contributed by atoms with Crippen LogP contribution in [0, 0.1) is 29.8 Å². The van der Waals surface area contributed by atoms with E-state index in [0.717, 1.165) is 17.3 Å². The number of nitro benzene ring substituents is 1. The first-order chi connectivity index (χ1) is 9.88. The molecule has 1 heterocycles. The molecule has 0 radical (unpaired) electrons. The van der Waals surface area contributed by atoms with E-state index in [1.165, 1.54) is 18.3 Å². The van der Waals surface area contributed by atoms with E-state index in [-0.39, 0.29) is 11.7 Å². The Morgan fingerprint density at radius 3 is 2.52 bits per heavy atom. The maximum absolute atomic E-state index is 13.2. The first-order valence-electron chi connectivity index (χ1n) is 6.51. The molecule has 0 aliphatic carbocycles. The second kappa shape index (κ2) is 5.87. The van der Waals surface area contributed by atoms with Crippen LogP contribution in [0.2, 0.25) is 0 Å². The lowest BCUT2D eigenvalue weighted by Crippen LogP contribution is -2.09. The van der Waals surface area contributed by atoms with Crippen LogP contribution in [0.3, 0.4) is 0 Å². The molecule has 0 fully saturated rings. The van der Waals surface area contributed by atoms with Crippen molar-refractivity contribution in [3.05, 3.63) is 63.2 Å². The van der Waals surface area contributed by atoms with Crippen molar-refractivity contribution in [2.24, 2.45) is 0 Å². The standard InChI is InChI=1S/C15H16FN3O2/c1-9-4-14(15(19(20)21)5-10(9)2)18-11(3)12-6-13(16)8-17-7-12/h4-8,11,18H,1-3H3. The average Bonchev–Trinajstić information content (AvgIpc) is 2.42. The van der Waals surface area contributed by atoms with E-state index >= 15 is 0 Å². The fourth-order valence-electron chi connectivity index (χ4n) is 2.05. The van der Waals surface area contributed by atoms with Crippen molar-refractivity contribution in [1.82, 2.24) is 4.98 Å². The summed E-state index contributed by atoms with van der Waals surface area (Å²) in [6.45, 7) is 5.51. The third-order valence-corrected chi connectivity index (χ3v) is 3.41. The molecule has 5 nitrogen and oxygen atoms in total. The largest absolute Gasteiger partial charge is 0.373 e. The fraction of sp³-hybridized carbons (Fsp3) is 0.267. The first kappa shape index (κ1) is 14.9. The maximum Gasteiger partial charge on any atom is 0.292 e. The number of nitro groups is 1. The monoisotopic (exact) mass is 289 g/mol. The van der Waals surface area contributed by atoms with Crippen molar-refractivity contribution >= 4 is 11.4 Å². The molecule has 0 aliphatic heterocycles. The molecule has 1 N–H and O–H groups in total. The number of hydrogen-bond donors (Lipinski definition) is 1. The van der Waals surface area contributed by atoms with Crippen LogP contribution in [0.1, 0.15) is 29.7 Å². The number of nitrogens with zero attached hydrogens (tertiary/aromatic N) is 2. The Morgan fingerprint density at radius 2 is 1.90 bits per heavy atom. The average molecular weight is 289 g/mol. The molecule has 0 spiro atoms. The van der Waals surface area contributed by atoms with Gasteiger partial charge in [-0.3, -0.25) is 15.1 Å². The molecule has 1 aromatic carbocycles. The predicted octanol–water partition coefficient (Wildman–Crippen LogP) is 3.92. The summed E-state index contributed by atoms with van der Waals surface area (Å²) in [5.74, 6) is -0.435. The normalized spacial score (nSPS) is 12.0. The van der Waals surface area contributed by atoms with Crippen LogP contribution in [-0.2, 0) is 0 Å². The number of halogens is 1. The summed E-state index contributed by atoms with van der Waals surface area (Å²) in [5.41, 5.74) is 2.86. The quantitative estimate of drug-likeness (QED) is 0.684. The number of pyridine rings is 1. The maximum atomic E-state index is 13.2. The van der Waals surface area contributed by atoms with Crippen molar-refractivity contribution < 1.29 is 9.31 Å². The van der Waals surface area contributed by atoms with Gasteiger partial charge in [0, 0.05) is 12.3 Å². The molecule has 1 atom stereocenters. The summed E-state index contributed by atoms with van der Waals surface area (Å²) in [7, 11) is 0. The van der Waals surface area contributed by atoms with Gasteiger partial charge in [-0.25, -0.2) is 4.39 Å². The van der Waals surface area contributed by atoms with Crippen molar-refractivity contribution in [3.63, 3.8) is 0 Å². The third kappa shape index (κ3) is 3.34. The molecule has 0 bridgehead atoms. The van der Waals surface area contributed by atoms with Gasteiger partial charge in [-0.1, -0.05) is 0 Å². The number of aromatic nitrogens is 1. The van der Waals surface area contributed by atoms with Gasteiger partial charge in [0.15, 0.2) is 0 Å². The van der Waals surface area contributed by atoms with Crippen LogP contribution >= 0.6 is 0 Å². The van der Waals surface area contributed by atoms with E-state index < -0.39 is 10.7 Å². The van der Waals surface area contributed by atoms with Gasteiger partial charge in [-0.05, 0) is 49.6 Å². The number of rotatable bonds is 4. The Bertz CT molecular complexity index is 689. The number of hydrogen-bond acceptors (Lipinski definition) is 4. The smallest absolute Gasteiger partial charge is 0.292 e. The van der Waals surface area contributed by atoms with Gasteiger partial charge in [0.2, 0.25) is 0 Å². The summed E-state index contributed by atoms with van der Waals surface area (Å²) in [5, 5.41) is 14.2.